The van der Waals surface area contributed by atoms with Gasteiger partial charge in [-0.15, -0.1) is 0 Å². The highest BCUT2D eigenvalue weighted by atomic mass is 35.5. The third kappa shape index (κ3) is 4.62. The van der Waals surface area contributed by atoms with Gasteiger partial charge in [0.05, 0.1) is 10.9 Å². The first-order chi connectivity index (χ1) is 15.2. The second-order valence-electron chi connectivity index (χ2n) is 9.83. The summed E-state index contributed by atoms with van der Waals surface area (Å²) in [6.07, 6.45) is 2.35. The molecule has 1 aliphatic heterocycles. The van der Waals surface area contributed by atoms with E-state index < -0.39 is 0 Å². The Balaban J connectivity index is 1.77. The fourth-order valence-corrected chi connectivity index (χ4v) is 4.95. The molecule has 0 saturated carbocycles. The van der Waals surface area contributed by atoms with Crippen LogP contribution in [0.4, 0.5) is 0 Å². The van der Waals surface area contributed by atoms with Crippen LogP contribution in [-0.2, 0) is 6.54 Å². The first-order valence-electron chi connectivity index (χ1n) is 11.8. The van der Waals surface area contributed by atoms with Crippen molar-refractivity contribution in [2.24, 2.45) is 5.92 Å². The lowest BCUT2D eigenvalue weighted by molar-refractivity contribution is 0.129. The maximum Gasteiger partial charge on any atom is 0.261 e. The predicted molar refractivity (Wildman–Crippen MR) is 135 cm³/mol. The number of aryl methyl sites for hydroxylation is 1. The van der Waals surface area contributed by atoms with Crippen molar-refractivity contribution in [3.05, 3.63) is 63.2 Å². The van der Waals surface area contributed by atoms with Crippen molar-refractivity contribution >= 4 is 22.5 Å². The molecule has 1 atom stereocenters. The van der Waals surface area contributed by atoms with Crippen molar-refractivity contribution in [2.75, 3.05) is 13.1 Å². The second-order valence-corrected chi connectivity index (χ2v) is 10.2. The van der Waals surface area contributed by atoms with E-state index in [2.05, 4.69) is 38.7 Å². The van der Waals surface area contributed by atoms with Gasteiger partial charge in [0.15, 0.2) is 0 Å². The molecule has 1 aliphatic rings. The van der Waals surface area contributed by atoms with Gasteiger partial charge in [0, 0.05) is 30.1 Å². The molecule has 2 aromatic carbocycles. The maximum atomic E-state index is 13.7. The highest BCUT2D eigenvalue weighted by Gasteiger charge is 2.24. The lowest BCUT2D eigenvalue weighted by atomic mass is 9.96. The first kappa shape index (κ1) is 23.0. The molecule has 0 amide bonds. The van der Waals surface area contributed by atoms with Crippen LogP contribution in [0.5, 0.6) is 0 Å². The smallest absolute Gasteiger partial charge is 0.261 e. The van der Waals surface area contributed by atoms with Gasteiger partial charge in [0.25, 0.3) is 5.56 Å². The maximum absolute atomic E-state index is 13.7. The molecule has 0 radical (unpaired) electrons. The lowest BCUT2D eigenvalue weighted by Crippen LogP contribution is -2.42. The molecule has 4 rings (SSSR count). The number of piperidine rings is 1. The Kier molecular flexibility index (Phi) is 6.73. The molecule has 170 valence electrons. The number of hydrogen-bond donors (Lipinski definition) is 0. The number of aromatic nitrogens is 2. The Bertz CT molecular complexity index is 1180. The molecule has 2 heterocycles. The van der Waals surface area contributed by atoms with Crippen molar-refractivity contribution in [3.63, 3.8) is 0 Å². The molecule has 1 saturated heterocycles. The molecule has 3 aromatic rings. The molecule has 32 heavy (non-hydrogen) atoms. The zero-order chi connectivity index (χ0) is 23.0. The van der Waals surface area contributed by atoms with E-state index in [9.17, 15) is 4.79 Å². The van der Waals surface area contributed by atoms with Crippen LogP contribution in [0.25, 0.3) is 22.0 Å². The van der Waals surface area contributed by atoms with Crippen LogP contribution >= 0.6 is 11.6 Å². The predicted octanol–water partition coefficient (Wildman–Crippen LogP) is 6.27. The van der Waals surface area contributed by atoms with Gasteiger partial charge in [0.2, 0.25) is 0 Å². The average molecular weight is 452 g/mol. The minimum Gasteiger partial charge on any atom is -0.301 e. The number of fused-ring (bicyclic) bond motifs is 1. The van der Waals surface area contributed by atoms with E-state index in [4.69, 9.17) is 16.6 Å². The van der Waals surface area contributed by atoms with Gasteiger partial charge in [-0.25, -0.2) is 4.98 Å². The Morgan fingerprint density at radius 1 is 1.09 bits per heavy atom. The monoisotopic (exact) mass is 451 g/mol. The van der Waals surface area contributed by atoms with Crippen LogP contribution in [0, 0.1) is 12.8 Å². The Morgan fingerprint density at radius 2 is 1.81 bits per heavy atom. The third-order valence-electron chi connectivity index (χ3n) is 6.71. The van der Waals surface area contributed by atoms with Gasteiger partial charge in [-0.1, -0.05) is 37.6 Å². The molecule has 5 heteroatoms. The van der Waals surface area contributed by atoms with E-state index in [0.29, 0.717) is 17.3 Å². The zero-order valence-electron chi connectivity index (χ0n) is 19.9. The van der Waals surface area contributed by atoms with Crippen molar-refractivity contribution in [2.45, 2.75) is 66.0 Å². The van der Waals surface area contributed by atoms with E-state index in [1.807, 2.05) is 41.8 Å². The second kappa shape index (κ2) is 9.36. The minimum atomic E-state index is 0.0768. The summed E-state index contributed by atoms with van der Waals surface area (Å²) < 4.78 is 1.96. The fraction of sp³-hybridized carbons (Fsp3) is 0.481. The molecular formula is C27H34ClN3O. The normalized spacial score (nSPS) is 17.6. The quantitative estimate of drug-likeness (QED) is 0.458. The van der Waals surface area contributed by atoms with Gasteiger partial charge in [-0.05, 0) is 87.0 Å². The van der Waals surface area contributed by atoms with Gasteiger partial charge in [-0.2, -0.15) is 0 Å². The average Bonchev–Trinajstić information content (AvgIpc) is 2.77. The molecule has 0 unspecified atom stereocenters. The third-order valence-corrected chi connectivity index (χ3v) is 7.14. The molecule has 1 fully saturated rings. The molecule has 1 aromatic heterocycles. The SMILES string of the molecule is Cc1cc(-c2ccc3nc(C(C)C)n(C[C@H]4CCCN(C(C)C)C4)c(=O)c3c2)ccc1Cl. The number of rotatable bonds is 5. The number of nitrogens with zero attached hydrogens (tertiary/aromatic N) is 3. The Labute approximate surface area is 196 Å². The van der Waals surface area contributed by atoms with Crippen LogP contribution in [-0.4, -0.2) is 33.6 Å². The van der Waals surface area contributed by atoms with Gasteiger partial charge in [-0.3, -0.25) is 9.36 Å². The van der Waals surface area contributed by atoms with E-state index >= 15 is 0 Å². The fourth-order valence-electron chi connectivity index (χ4n) is 4.83. The van der Waals surface area contributed by atoms with Crippen molar-refractivity contribution in [1.82, 2.24) is 14.5 Å². The summed E-state index contributed by atoms with van der Waals surface area (Å²) in [5, 5.41) is 1.44. The highest BCUT2D eigenvalue weighted by Crippen LogP contribution is 2.28. The van der Waals surface area contributed by atoms with Crippen molar-refractivity contribution in [1.29, 1.82) is 0 Å². The van der Waals surface area contributed by atoms with E-state index in [-0.39, 0.29) is 11.5 Å². The molecular weight excluding hydrogens is 418 g/mol. The number of benzene rings is 2. The number of likely N-dealkylation sites (tertiary alicyclic amines) is 1. The van der Waals surface area contributed by atoms with E-state index in [0.717, 1.165) is 59.1 Å². The molecule has 0 bridgehead atoms. The minimum absolute atomic E-state index is 0.0768. The molecule has 0 aliphatic carbocycles. The van der Waals surface area contributed by atoms with Crippen LogP contribution in [0.2, 0.25) is 5.02 Å². The summed E-state index contributed by atoms with van der Waals surface area (Å²) in [6, 6.07) is 12.6. The van der Waals surface area contributed by atoms with Gasteiger partial charge in [0.1, 0.15) is 5.82 Å². The van der Waals surface area contributed by atoms with Crippen molar-refractivity contribution < 1.29 is 0 Å². The van der Waals surface area contributed by atoms with Crippen LogP contribution in [0.1, 0.15) is 57.8 Å². The van der Waals surface area contributed by atoms with Gasteiger partial charge < -0.3 is 4.90 Å². The zero-order valence-corrected chi connectivity index (χ0v) is 20.6. The Morgan fingerprint density at radius 3 is 2.50 bits per heavy atom. The van der Waals surface area contributed by atoms with Gasteiger partial charge >= 0.3 is 0 Å². The number of halogens is 1. The van der Waals surface area contributed by atoms with Crippen LogP contribution in [0.3, 0.4) is 0 Å². The first-order valence-corrected chi connectivity index (χ1v) is 12.2. The summed E-state index contributed by atoms with van der Waals surface area (Å²) in [5.41, 5.74) is 3.96. The standard InChI is InChI=1S/C27H34ClN3O/c1-17(2)26-29-25-11-9-22(21-8-10-24(28)19(5)13-21)14-23(25)27(32)31(26)16-20-7-6-12-30(15-20)18(3)4/h8-11,13-14,17-18,20H,6-7,12,15-16H2,1-5H3/t20-/m0/s1. The van der Waals surface area contributed by atoms with Crippen LogP contribution < -0.4 is 5.56 Å². The summed E-state index contributed by atoms with van der Waals surface area (Å²) in [7, 11) is 0. The summed E-state index contributed by atoms with van der Waals surface area (Å²) in [4.78, 5) is 21.2. The van der Waals surface area contributed by atoms with E-state index in [1.54, 1.807) is 0 Å². The highest BCUT2D eigenvalue weighted by molar-refractivity contribution is 6.31. The molecule has 0 spiro atoms. The number of hydrogen-bond acceptors (Lipinski definition) is 3. The summed E-state index contributed by atoms with van der Waals surface area (Å²) >= 11 is 6.21. The summed E-state index contributed by atoms with van der Waals surface area (Å²) in [6.45, 7) is 13.7. The lowest BCUT2D eigenvalue weighted by Gasteiger charge is -2.36. The topological polar surface area (TPSA) is 38.1 Å². The molecule has 0 N–H and O–H groups in total. The Hall–Kier alpha value is -2.17. The molecule has 4 nitrogen and oxygen atoms in total. The summed E-state index contributed by atoms with van der Waals surface area (Å²) in [5.74, 6) is 1.55. The largest absolute Gasteiger partial charge is 0.301 e. The van der Waals surface area contributed by atoms with Crippen LogP contribution in [0.15, 0.2) is 41.2 Å². The van der Waals surface area contributed by atoms with Crippen molar-refractivity contribution in [3.8, 4) is 11.1 Å². The van der Waals surface area contributed by atoms with E-state index in [1.165, 1.54) is 6.42 Å².